The van der Waals surface area contributed by atoms with Gasteiger partial charge in [0.25, 0.3) is 0 Å². The summed E-state index contributed by atoms with van der Waals surface area (Å²) in [5.41, 5.74) is 1.43. The summed E-state index contributed by atoms with van der Waals surface area (Å²) < 4.78 is 0. The Morgan fingerprint density at radius 3 is 2.12 bits per heavy atom. The van der Waals surface area contributed by atoms with E-state index in [4.69, 9.17) is 16.7 Å². The summed E-state index contributed by atoms with van der Waals surface area (Å²) in [6.07, 6.45) is 1.46. The van der Waals surface area contributed by atoms with Gasteiger partial charge in [-0.2, -0.15) is 0 Å². The van der Waals surface area contributed by atoms with Gasteiger partial charge < -0.3 is 5.11 Å². The van der Waals surface area contributed by atoms with Gasteiger partial charge in [-0.1, -0.05) is 24.6 Å². The number of aliphatic hydroxyl groups is 1. The lowest BCUT2D eigenvalue weighted by Crippen LogP contribution is -2.09. The smallest absolute Gasteiger partial charge is 0.0572 e. The van der Waals surface area contributed by atoms with Gasteiger partial charge in [-0.25, -0.2) is 0 Å². The zero-order valence-electron chi connectivity index (χ0n) is 5.13. The summed E-state index contributed by atoms with van der Waals surface area (Å²) in [5, 5.41) is 8.84. The lowest BCUT2D eigenvalue weighted by atomic mass is 10.1. The Labute approximate surface area is 55.0 Å². The summed E-state index contributed by atoms with van der Waals surface area (Å²) in [6.45, 7) is 3.64. The quantitative estimate of drug-likeness (QED) is 0.610. The Bertz CT molecular complexity index is 78.6. The Kier molecular flexibility index (Phi) is 3.92. The lowest BCUT2D eigenvalue weighted by molar-refractivity contribution is 0.157. The molecule has 0 aromatic carbocycles. The fourth-order valence-electron chi connectivity index (χ4n) is 0.276. The monoisotopic (exact) mass is 134 g/mol. The Morgan fingerprint density at radius 1 is 1.50 bits per heavy atom. The van der Waals surface area contributed by atoms with Crippen LogP contribution in [0.5, 0.6) is 0 Å². The van der Waals surface area contributed by atoms with Crippen LogP contribution < -0.4 is 0 Å². The number of halogens is 1. The molecule has 0 fully saturated rings. The van der Waals surface area contributed by atoms with Crippen LogP contribution in [0, 0.1) is 5.92 Å². The summed E-state index contributed by atoms with van der Waals surface area (Å²) in [4.78, 5) is 0. The molecule has 1 N–H and O–H groups in total. The maximum Gasteiger partial charge on any atom is 0.0572 e. The number of hydrogen-bond acceptors (Lipinski definition) is 1. The molecule has 8 heavy (non-hydrogen) atoms. The SMILES string of the molecule is C[C@@H](O)[C@@H](C)/C=C\Cl. The highest BCUT2D eigenvalue weighted by Crippen LogP contribution is 2.03. The molecule has 0 radical (unpaired) electrons. The minimum Gasteiger partial charge on any atom is -0.393 e. The van der Waals surface area contributed by atoms with E-state index in [0.29, 0.717) is 0 Å². The van der Waals surface area contributed by atoms with Gasteiger partial charge in [-0.05, 0) is 6.92 Å². The molecule has 0 saturated carbocycles. The van der Waals surface area contributed by atoms with Gasteiger partial charge in [0, 0.05) is 11.5 Å². The minimum atomic E-state index is -0.301. The molecule has 48 valence electrons. The molecular weight excluding hydrogens is 124 g/mol. The summed E-state index contributed by atoms with van der Waals surface area (Å²) in [5.74, 6) is 0.160. The summed E-state index contributed by atoms with van der Waals surface area (Å²) in [7, 11) is 0. The van der Waals surface area contributed by atoms with Crippen LogP contribution in [0.15, 0.2) is 11.6 Å². The second kappa shape index (κ2) is 3.93. The zero-order chi connectivity index (χ0) is 6.57. The van der Waals surface area contributed by atoms with Crippen LogP contribution in [-0.4, -0.2) is 11.2 Å². The number of aliphatic hydroxyl groups excluding tert-OH is 1. The average molecular weight is 135 g/mol. The molecule has 0 amide bonds. The number of hydrogen-bond donors (Lipinski definition) is 1. The van der Waals surface area contributed by atoms with Gasteiger partial charge in [0.15, 0.2) is 0 Å². The van der Waals surface area contributed by atoms with Gasteiger partial charge in [0.05, 0.1) is 6.10 Å². The highest BCUT2D eigenvalue weighted by Gasteiger charge is 2.01. The summed E-state index contributed by atoms with van der Waals surface area (Å²) in [6, 6.07) is 0. The van der Waals surface area contributed by atoms with Crippen molar-refractivity contribution in [2.75, 3.05) is 0 Å². The molecule has 0 heterocycles. The molecule has 0 bridgehead atoms. The average Bonchev–Trinajstić information content (AvgIpc) is 1.67. The predicted octanol–water partition coefficient (Wildman–Crippen LogP) is 1.76. The van der Waals surface area contributed by atoms with Crippen molar-refractivity contribution >= 4 is 11.6 Å². The molecule has 2 atom stereocenters. The van der Waals surface area contributed by atoms with Gasteiger partial charge in [-0.15, -0.1) is 0 Å². The van der Waals surface area contributed by atoms with E-state index in [1.165, 1.54) is 5.54 Å². The van der Waals surface area contributed by atoms with Gasteiger partial charge in [0.2, 0.25) is 0 Å². The van der Waals surface area contributed by atoms with E-state index in [0.717, 1.165) is 0 Å². The number of rotatable bonds is 2. The van der Waals surface area contributed by atoms with Crippen LogP contribution in [0.4, 0.5) is 0 Å². The molecule has 0 rings (SSSR count). The normalized spacial score (nSPS) is 19.0. The molecule has 1 nitrogen and oxygen atoms in total. The molecule has 2 heteroatoms. The third kappa shape index (κ3) is 3.05. The van der Waals surface area contributed by atoms with E-state index in [2.05, 4.69) is 0 Å². The van der Waals surface area contributed by atoms with Crippen LogP contribution in [-0.2, 0) is 0 Å². The first-order valence-corrected chi connectivity index (χ1v) is 3.07. The largest absolute Gasteiger partial charge is 0.393 e. The molecule has 0 unspecified atom stereocenters. The van der Waals surface area contributed by atoms with E-state index in [1.54, 1.807) is 13.0 Å². The Balaban J connectivity index is 3.47. The van der Waals surface area contributed by atoms with E-state index in [-0.39, 0.29) is 12.0 Å². The van der Waals surface area contributed by atoms with E-state index in [9.17, 15) is 0 Å². The van der Waals surface area contributed by atoms with Crippen LogP contribution in [0.2, 0.25) is 0 Å². The van der Waals surface area contributed by atoms with Crippen molar-refractivity contribution < 1.29 is 5.11 Å². The molecule has 0 aliphatic carbocycles. The molecule has 0 spiro atoms. The third-order valence-electron chi connectivity index (χ3n) is 1.14. The molecule has 0 aromatic heterocycles. The maximum atomic E-state index is 8.84. The standard InChI is InChI=1S/C6H11ClO/c1-5(3-4-7)6(2)8/h3-6,8H,1-2H3/b4-3-/t5-,6+/m0/s1. The predicted molar refractivity (Wildman–Crippen MR) is 35.8 cm³/mol. The van der Waals surface area contributed by atoms with Crippen molar-refractivity contribution in [2.45, 2.75) is 20.0 Å². The molecule has 0 saturated heterocycles. The fraction of sp³-hybridized carbons (Fsp3) is 0.667. The highest BCUT2D eigenvalue weighted by atomic mass is 35.5. The third-order valence-corrected chi connectivity index (χ3v) is 1.28. The van der Waals surface area contributed by atoms with E-state index < -0.39 is 0 Å². The van der Waals surface area contributed by atoms with Crippen molar-refractivity contribution in [1.82, 2.24) is 0 Å². The molecule has 0 aliphatic rings. The van der Waals surface area contributed by atoms with Crippen molar-refractivity contribution in [1.29, 1.82) is 0 Å². The first kappa shape index (κ1) is 7.99. The van der Waals surface area contributed by atoms with Crippen molar-refractivity contribution in [3.05, 3.63) is 11.6 Å². The topological polar surface area (TPSA) is 20.2 Å². The lowest BCUT2D eigenvalue weighted by Gasteiger charge is -2.06. The van der Waals surface area contributed by atoms with Crippen molar-refractivity contribution in [3.8, 4) is 0 Å². The fourth-order valence-corrected chi connectivity index (χ4v) is 0.505. The zero-order valence-corrected chi connectivity index (χ0v) is 5.89. The van der Waals surface area contributed by atoms with E-state index in [1.807, 2.05) is 6.92 Å². The van der Waals surface area contributed by atoms with Crippen LogP contribution in [0.25, 0.3) is 0 Å². The summed E-state index contributed by atoms with van der Waals surface area (Å²) >= 11 is 5.25. The Morgan fingerprint density at radius 2 is 2.00 bits per heavy atom. The second-order valence-electron chi connectivity index (χ2n) is 1.92. The second-order valence-corrected chi connectivity index (χ2v) is 2.17. The first-order chi connectivity index (χ1) is 3.68. The maximum absolute atomic E-state index is 8.84. The first-order valence-electron chi connectivity index (χ1n) is 2.63. The van der Waals surface area contributed by atoms with Gasteiger partial charge >= 0.3 is 0 Å². The molecule has 0 aromatic rings. The van der Waals surface area contributed by atoms with Crippen LogP contribution in [0.1, 0.15) is 13.8 Å². The van der Waals surface area contributed by atoms with Crippen LogP contribution >= 0.6 is 11.6 Å². The highest BCUT2D eigenvalue weighted by molar-refractivity contribution is 6.25. The van der Waals surface area contributed by atoms with Crippen molar-refractivity contribution in [2.24, 2.45) is 5.92 Å². The van der Waals surface area contributed by atoms with Crippen LogP contribution in [0.3, 0.4) is 0 Å². The van der Waals surface area contributed by atoms with Gasteiger partial charge in [0.1, 0.15) is 0 Å². The molecule has 0 aliphatic heterocycles. The van der Waals surface area contributed by atoms with Gasteiger partial charge in [-0.3, -0.25) is 0 Å². The van der Waals surface area contributed by atoms with Crippen molar-refractivity contribution in [3.63, 3.8) is 0 Å². The molecular formula is C6H11ClO. The Hall–Kier alpha value is -0.0100. The van der Waals surface area contributed by atoms with E-state index >= 15 is 0 Å². The minimum absolute atomic E-state index is 0.160.